The van der Waals surface area contributed by atoms with Gasteiger partial charge < -0.3 is 28.8 Å². The molecule has 8 heteroatoms. The molecule has 0 heterocycles. The zero-order chi connectivity index (χ0) is 20.2. The minimum Gasteiger partial charge on any atom is -0.480 e. The lowest BCUT2D eigenvalue weighted by Gasteiger charge is -2.10. The van der Waals surface area contributed by atoms with E-state index >= 15 is 0 Å². The van der Waals surface area contributed by atoms with Gasteiger partial charge in [-0.15, -0.1) is 0 Å². The fraction of sp³-hybridized carbons (Fsp3) is 0.889. The van der Waals surface area contributed by atoms with Gasteiger partial charge in [0.05, 0.1) is 45.2 Å². The first-order chi connectivity index (χ1) is 12.4. The smallest absolute Gasteiger partial charge is 0.332 e. The number of rotatable bonds is 15. The molecule has 2 unspecified atom stereocenters. The number of hydrogen-bond acceptors (Lipinski definition) is 7. The predicted molar refractivity (Wildman–Crippen MR) is 97.3 cm³/mol. The zero-order valence-corrected chi connectivity index (χ0v) is 16.8. The van der Waals surface area contributed by atoms with Crippen molar-refractivity contribution < 1.29 is 38.4 Å². The second-order valence-corrected chi connectivity index (χ2v) is 5.48. The maximum Gasteiger partial charge on any atom is 0.332 e. The lowest BCUT2D eigenvalue weighted by Crippen LogP contribution is -2.16. The molecule has 0 bridgehead atoms. The molecule has 0 rings (SSSR count). The molecule has 0 saturated carbocycles. The van der Waals surface area contributed by atoms with Crippen molar-refractivity contribution in [1.82, 2.24) is 0 Å². The summed E-state index contributed by atoms with van der Waals surface area (Å²) in [5, 5.41) is 8.20. The summed E-state index contributed by atoms with van der Waals surface area (Å²) in [5.74, 6) is -1.27. The van der Waals surface area contributed by atoms with Crippen molar-refractivity contribution in [3.8, 4) is 0 Å². The SMILES string of the molecule is CCC(C)OCCOCC(=O)O.CCOC(=O)COCCOC(C)CC. The monoisotopic (exact) mass is 380 g/mol. The van der Waals surface area contributed by atoms with Crippen molar-refractivity contribution in [2.45, 2.75) is 59.7 Å². The first-order valence-electron chi connectivity index (χ1n) is 9.13. The minimum absolute atomic E-state index is 0.0116. The Hall–Kier alpha value is -1.22. The van der Waals surface area contributed by atoms with Crippen LogP contribution >= 0.6 is 0 Å². The highest BCUT2D eigenvalue weighted by atomic mass is 16.6. The maximum atomic E-state index is 10.8. The number of carbonyl (C=O) groups is 2. The van der Waals surface area contributed by atoms with Crippen molar-refractivity contribution in [3.63, 3.8) is 0 Å². The molecule has 0 aromatic heterocycles. The van der Waals surface area contributed by atoms with E-state index in [4.69, 9.17) is 24.1 Å². The predicted octanol–water partition coefficient (Wildman–Crippen LogP) is 2.28. The summed E-state index contributed by atoms with van der Waals surface area (Å²) >= 11 is 0. The van der Waals surface area contributed by atoms with Gasteiger partial charge in [-0.2, -0.15) is 0 Å². The Kier molecular flexibility index (Phi) is 20.9. The van der Waals surface area contributed by atoms with Crippen LogP contribution in [0.4, 0.5) is 0 Å². The van der Waals surface area contributed by atoms with Gasteiger partial charge in [0.1, 0.15) is 13.2 Å². The fourth-order valence-electron chi connectivity index (χ4n) is 1.37. The summed E-state index contributed by atoms with van der Waals surface area (Å²) in [6.45, 7) is 11.8. The number of carbonyl (C=O) groups excluding carboxylic acids is 1. The van der Waals surface area contributed by atoms with Crippen LogP contribution in [-0.4, -0.2) is 75.5 Å². The Labute approximate surface area is 157 Å². The van der Waals surface area contributed by atoms with Crippen LogP contribution in [0.15, 0.2) is 0 Å². The van der Waals surface area contributed by atoms with Crippen LogP contribution in [0.2, 0.25) is 0 Å². The van der Waals surface area contributed by atoms with Crippen LogP contribution in [0.1, 0.15) is 47.5 Å². The Morgan fingerprint density at radius 3 is 1.65 bits per heavy atom. The molecular formula is C18H36O8. The summed E-state index contributed by atoms with van der Waals surface area (Å²) in [7, 11) is 0. The minimum atomic E-state index is -0.946. The van der Waals surface area contributed by atoms with E-state index in [0.717, 1.165) is 12.8 Å². The van der Waals surface area contributed by atoms with Crippen molar-refractivity contribution in [3.05, 3.63) is 0 Å². The second kappa shape index (κ2) is 20.1. The first-order valence-corrected chi connectivity index (χ1v) is 9.13. The Morgan fingerprint density at radius 1 is 0.808 bits per heavy atom. The molecule has 0 aliphatic heterocycles. The zero-order valence-electron chi connectivity index (χ0n) is 16.8. The van der Waals surface area contributed by atoms with Gasteiger partial charge in [0, 0.05) is 0 Å². The largest absolute Gasteiger partial charge is 0.480 e. The molecule has 0 aliphatic rings. The van der Waals surface area contributed by atoms with E-state index in [1.165, 1.54) is 0 Å². The molecule has 26 heavy (non-hydrogen) atoms. The number of aliphatic carboxylic acids is 1. The third kappa shape index (κ3) is 22.8. The lowest BCUT2D eigenvalue weighted by atomic mass is 10.3. The summed E-state index contributed by atoms with van der Waals surface area (Å²) in [4.78, 5) is 20.8. The van der Waals surface area contributed by atoms with Gasteiger partial charge in [0.2, 0.25) is 0 Å². The molecule has 0 amide bonds. The number of ether oxygens (including phenoxy) is 5. The number of esters is 1. The van der Waals surface area contributed by atoms with Crippen LogP contribution < -0.4 is 0 Å². The van der Waals surface area contributed by atoms with Gasteiger partial charge >= 0.3 is 11.9 Å². The quantitative estimate of drug-likeness (QED) is 0.341. The van der Waals surface area contributed by atoms with Gasteiger partial charge in [0.25, 0.3) is 0 Å². The van der Waals surface area contributed by atoms with E-state index in [1.807, 2.05) is 20.8 Å². The van der Waals surface area contributed by atoms with E-state index in [2.05, 4.69) is 11.7 Å². The van der Waals surface area contributed by atoms with Gasteiger partial charge in [-0.25, -0.2) is 9.59 Å². The lowest BCUT2D eigenvalue weighted by molar-refractivity contribution is -0.149. The van der Waals surface area contributed by atoms with Gasteiger partial charge in [-0.1, -0.05) is 13.8 Å². The van der Waals surface area contributed by atoms with Crippen molar-refractivity contribution >= 4 is 11.9 Å². The van der Waals surface area contributed by atoms with Crippen molar-refractivity contribution in [2.75, 3.05) is 46.2 Å². The maximum absolute atomic E-state index is 10.8. The summed E-state index contributed by atoms with van der Waals surface area (Å²) in [6.07, 6.45) is 2.41. The molecule has 1 N–H and O–H groups in total. The Morgan fingerprint density at radius 2 is 1.27 bits per heavy atom. The Balaban J connectivity index is 0. The van der Waals surface area contributed by atoms with E-state index in [0.29, 0.717) is 33.0 Å². The molecule has 0 fully saturated rings. The summed E-state index contributed by atoms with van der Waals surface area (Å²) < 4.78 is 25.1. The molecule has 0 aromatic carbocycles. The molecular weight excluding hydrogens is 344 g/mol. The molecule has 0 aliphatic carbocycles. The van der Waals surface area contributed by atoms with Crippen LogP contribution in [-0.2, 0) is 33.3 Å². The number of hydrogen-bond donors (Lipinski definition) is 1. The summed E-state index contributed by atoms with van der Waals surface area (Å²) in [6, 6.07) is 0. The molecule has 0 spiro atoms. The van der Waals surface area contributed by atoms with Crippen LogP contribution in [0.25, 0.3) is 0 Å². The average Bonchev–Trinajstić information content (AvgIpc) is 2.61. The molecule has 0 radical (unpaired) electrons. The fourth-order valence-corrected chi connectivity index (χ4v) is 1.37. The van der Waals surface area contributed by atoms with Crippen molar-refractivity contribution in [2.24, 2.45) is 0 Å². The van der Waals surface area contributed by atoms with Gasteiger partial charge in [0.15, 0.2) is 0 Å². The third-order valence-corrected chi connectivity index (χ3v) is 3.16. The average molecular weight is 380 g/mol. The molecule has 0 aromatic rings. The topological polar surface area (TPSA) is 101 Å². The molecule has 8 nitrogen and oxygen atoms in total. The first kappa shape index (κ1) is 27.0. The molecule has 156 valence electrons. The van der Waals surface area contributed by atoms with Crippen LogP contribution in [0.5, 0.6) is 0 Å². The van der Waals surface area contributed by atoms with Crippen LogP contribution in [0, 0.1) is 0 Å². The highest BCUT2D eigenvalue weighted by Gasteiger charge is 2.02. The highest BCUT2D eigenvalue weighted by Crippen LogP contribution is 1.95. The van der Waals surface area contributed by atoms with E-state index in [1.54, 1.807) is 6.92 Å². The van der Waals surface area contributed by atoms with E-state index in [9.17, 15) is 9.59 Å². The van der Waals surface area contributed by atoms with Crippen LogP contribution in [0.3, 0.4) is 0 Å². The van der Waals surface area contributed by atoms with Gasteiger partial charge in [-0.05, 0) is 33.6 Å². The molecule has 0 saturated heterocycles. The van der Waals surface area contributed by atoms with E-state index < -0.39 is 5.97 Å². The number of carboxylic acid groups (broad SMARTS) is 1. The second-order valence-electron chi connectivity index (χ2n) is 5.48. The standard InChI is InChI=1S/C10H20O4.C8H16O4/c1-4-9(3)14-7-6-12-8-10(11)13-5-2;1-3-7(2)12-5-4-11-6-8(9)10/h9H,4-8H2,1-3H3;7H,3-6H2,1-2H3,(H,9,10). The number of carboxylic acids is 1. The van der Waals surface area contributed by atoms with E-state index in [-0.39, 0.29) is 31.4 Å². The molecule has 2 atom stereocenters. The Bertz CT molecular complexity index is 335. The summed E-state index contributed by atoms with van der Waals surface area (Å²) in [5.41, 5.74) is 0. The third-order valence-electron chi connectivity index (χ3n) is 3.16. The van der Waals surface area contributed by atoms with Gasteiger partial charge in [-0.3, -0.25) is 0 Å². The highest BCUT2D eigenvalue weighted by molar-refractivity contribution is 5.70. The van der Waals surface area contributed by atoms with Crippen molar-refractivity contribution in [1.29, 1.82) is 0 Å². The normalized spacial score (nSPS) is 12.7.